The summed E-state index contributed by atoms with van der Waals surface area (Å²) in [4.78, 5) is 4.06. The van der Waals surface area contributed by atoms with Crippen LogP contribution in [0.25, 0.3) is 11.1 Å². The molecule has 17 heavy (non-hydrogen) atoms. The topological polar surface area (TPSA) is 12.9 Å². The van der Waals surface area contributed by atoms with Gasteiger partial charge in [-0.2, -0.15) is 0 Å². The monoisotopic (exact) mass is 329 g/mol. The van der Waals surface area contributed by atoms with Crippen LogP contribution in [0, 0.1) is 6.92 Å². The highest BCUT2D eigenvalue weighted by Gasteiger charge is 2.12. The van der Waals surface area contributed by atoms with E-state index in [4.69, 9.17) is 23.2 Å². The first-order valence-corrected chi connectivity index (χ1v) is 6.98. The molecule has 0 atom stereocenters. The molecule has 0 fully saturated rings. The summed E-state index contributed by atoms with van der Waals surface area (Å²) in [6.07, 6.45) is 0. The van der Waals surface area contributed by atoms with E-state index >= 15 is 0 Å². The van der Waals surface area contributed by atoms with Crippen molar-refractivity contribution in [3.63, 3.8) is 0 Å². The van der Waals surface area contributed by atoms with E-state index in [9.17, 15) is 0 Å². The maximum absolute atomic E-state index is 6.11. The van der Waals surface area contributed by atoms with E-state index < -0.39 is 0 Å². The van der Waals surface area contributed by atoms with Crippen molar-refractivity contribution in [1.29, 1.82) is 0 Å². The lowest BCUT2D eigenvalue weighted by Crippen LogP contribution is -1.93. The van der Waals surface area contributed by atoms with Gasteiger partial charge in [0.2, 0.25) is 0 Å². The lowest BCUT2D eigenvalue weighted by Gasteiger charge is -2.11. The molecule has 0 aliphatic heterocycles. The maximum atomic E-state index is 6.11. The lowest BCUT2D eigenvalue weighted by atomic mass is 9.98. The molecule has 0 N–H and O–H groups in total. The highest BCUT2D eigenvalue weighted by Crippen LogP contribution is 2.33. The van der Waals surface area contributed by atoms with Gasteiger partial charge in [0, 0.05) is 10.9 Å². The second kappa shape index (κ2) is 5.38. The standard InChI is InChI=1S/C13H10BrCl2N/c1-8-4-2-3-5-9(8)10-6-12(15)17-13(16)11(10)7-14/h2-6H,7H2,1H3. The van der Waals surface area contributed by atoms with Gasteiger partial charge in [0.05, 0.1) is 0 Å². The fourth-order valence-electron chi connectivity index (χ4n) is 1.75. The number of alkyl halides is 1. The highest BCUT2D eigenvalue weighted by atomic mass is 79.9. The molecule has 0 aliphatic carbocycles. The van der Waals surface area contributed by atoms with Gasteiger partial charge in [-0.15, -0.1) is 0 Å². The van der Waals surface area contributed by atoms with Crippen molar-refractivity contribution in [1.82, 2.24) is 4.98 Å². The molecule has 1 aromatic heterocycles. The summed E-state index contributed by atoms with van der Waals surface area (Å²) in [6.45, 7) is 2.07. The molecule has 4 heteroatoms. The minimum atomic E-state index is 0.415. The number of halogens is 3. The number of nitrogens with zero attached hydrogens (tertiary/aromatic N) is 1. The number of aryl methyl sites for hydroxylation is 1. The number of hydrogen-bond donors (Lipinski definition) is 0. The number of hydrogen-bond acceptors (Lipinski definition) is 1. The lowest BCUT2D eigenvalue weighted by molar-refractivity contribution is 1.25. The van der Waals surface area contributed by atoms with Gasteiger partial charge < -0.3 is 0 Å². The van der Waals surface area contributed by atoms with Crippen molar-refractivity contribution >= 4 is 39.1 Å². The smallest absolute Gasteiger partial charge is 0.135 e. The Kier molecular flexibility index (Phi) is 4.08. The third-order valence-corrected chi connectivity index (χ3v) is 3.68. The summed E-state index contributed by atoms with van der Waals surface area (Å²) in [5, 5.41) is 1.52. The van der Waals surface area contributed by atoms with Gasteiger partial charge in [0.1, 0.15) is 10.3 Å². The Bertz CT molecular complexity index is 555. The van der Waals surface area contributed by atoms with E-state index in [0.717, 1.165) is 16.7 Å². The molecule has 0 spiro atoms. The van der Waals surface area contributed by atoms with Crippen molar-refractivity contribution < 1.29 is 0 Å². The molecule has 0 saturated heterocycles. The van der Waals surface area contributed by atoms with Crippen LogP contribution in [-0.2, 0) is 5.33 Å². The molecule has 1 heterocycles. The molecule has 2 rings (SSSR count). The van der Waals surface area contributed by atoms with Gasteiger partial charge in [-0.3, -0.25) is 0 Å². The minimum Gasteiger partial charge on any atom is -0.224 e. The number of benzene rings is 1. The molecular formula is C13H10BrCl2N. The summed E-state index contributed by atoms with van der Waals surface area (Å²) in [6, 6.07) is 9.99. The second-order valence-electron chi connectivity index (χ2n) is 3.71. The van der Waals surface area contributed by atoms with Gasteiger partial charge in [-0.1, -0.05) is 63.4 Å². The molecule has 1 nitrogen and oxygen atoms in total. The number of rotatable bonds is 2. The average molecular weight is 331 g/mol. The zero-order valence-corrected chi connectivity index (χ0v) is 12.3. The molecule has 0 saturated carbocycles. The van der Waals surface area contributed by atoms with Crippen LogP contribution in [0.3, 0.4) is 0 Å². The van der Waals surface area contributed by atoms with Crippen molar-refractivity contribution in [2.75, 3.05) is 0 Å². The van der Waals surface area contributed by atoms with Crippen molar-refractivity contribution in [3.05, 3.63) is 51.8 Å². The van der Waals surface area contributed by atoms with Crippen molar-refractivity contribution in [3.8, 4) is 11.1 Å². The van der Waals surface area contributed by atoms with E-state index in [-0.39, 0.29) is 0 Å². The number of pyridine rings is 1. The first-order valence-electron chi connectivity index (χ1n) is 5.10. The normalized spacial score (nSPS) is 10.6. The van der Waals surface area contributed by atoms with Gasteiger partial charge in [-0.05, 0) is 29.7 Å². The van der Waals surface area contributed by atoms with Gasteiger partial charge >= 0.3 is 0 Å². The fourth-order valence-corrected chi connectivity index (χ4v) is 2.98. The third-order valence-electron chi connectivity index (χ3n) is 2.61. The average Bonchev–Trinajstić information content (AvgIpc) is 2.28. The summed E-state index contributed by atoms with van der Waals surface area (Å²) in [7, 11) is 0. The predicted molar refractivity (Wildman–Crippen MR) is 77.1 cm³/mol. The van der Waals surface area contributed by atoms with E-state index in [1.165, 1.54) is 5.56 Å². The fraction of sp³-hybridized carbons (Fsp3) is 0.154. The molecule has 0 radical (unpaired) electrons. The van der Waals surface area contributed by atoms with Crippen LogP contribution >= 0.6 is 39.1 Å². The summed E-state index contributed by atoms with van der Waals surface area (Å²) < 4.78 is 0. The Balaban J connectivity index is 2.70. The van der Waals surface area contributed by atoms with Gasteiger partial charge in [-0.25, -0.2) is 4.98 Å². The van der Waals surface area contributed by atoms with E-state index in [2.05, 4.69) is 40.0 Å². The van der Waals surface area contributed by atoms with Crippen LogP contribution in [0.5, 0.6) is 0 Å². The van der Waals surface area contributed by atoms with E-state index in [1.54, 1.807) is 0 Å². The first kappa shape index (κ1) is 12.9. The van der Waals surface area contributed by atoms with E-state index in [1.807, 2.05) is 18.2 Å². The SMILES string of the molecule is Cc1ccccc1-c1cc(Cl)nc(Cl)c1CBr. The summed E-state index contributed by atoms with van der Waals surface area (Å²) in [5.74, 6) is 0. The van der Waals surface area contributed by atoms with Gasteiger partial charge in [0.25, 0.3) is 0 Å². The molecule has 1 aromatic carbocycles. The number of aromatic nitrogens is 1. The van der Waals surface area contributed by atoms with E-state index in [0.29, 0.717) is 15.6 Å². The van der Waals surface area contributed by atoms with Crippen LogP contribution in [0.15, 0.2) is 30.3 Å². The second-order valence-corrected chi connectivity index (χ2v) is 5.02. The van der Waals surface area contributed by atoms with Crippen LogP contribution in [0.2, 0.25) is 10.3 Å². The summed E-state index contributed by atoms with van der Waals surface area (Å²) >= 11 is 15.5. The van der Waals surface area contributed by atoms with Crippen LogP contribution in [-0.4, -0.2) is 4.98 Å². The molecular weight excluding hydrogens is 321 g/mol. The minimum absolute atomic E-state index is 0.415. The Morgan fingerprint density at radius 2 is 1.88 bits per heavy atom. The van der Waals surface area contributed by atoms with Crippen LogP contribution in [0.4, 0.5) is 0 Å². The van der Waals surface area contributed by atoms with Crippen LogP contribution in [0.1, 0.15) is 11.1 Å². The zero-order valence-electron chi connectivity index (χ0n) is 9.17. The van der Waals surface area contributed by atoms with Crippen LogP contribution < -0.4 is 0 Å². The Morgan fingerprint density at radius 1 is 1.18 bits per heavy atom. The molecule has 88 valence electrons. The molecule has 0 amide bonds. The largest absolute Gasteiger partial charge is 0.224 e. The summed E-state index contributed by atoms with van der Waals surface area (Å²) in [5.41, 5.74) is 4.32. The Morgan fingerprint density at radius 3 is 2.53 bits per heavy atom. The van der Waals surface area contributed by atoms with Gasteiger partial charge in [0.15, 0.2) is 0 Å². The quantitative estimate of drug-likeness (QED) is 0.540. The predicted octanol–water partition coefficient (Wildman–Crippen LogP) is 5.26. The molecule has 0 unspecified atom stereocenters. The van der Waals surface area contributed by atoms with Crippen molar-refractivity contribution in [2.24, 2.45) is 0 Å². The Hall–Kier alpha value is -0.570. The molecule has 2 aromatic rings. The zero-order chi connectivity index (χ0) is 12.4. The molecule has 0 aliphatic rings. The Labute approximate surface area is 119 Å². The third kappa shape index (κ3) is 2.65. The first-order chi connectivity index (χ1) is 8.13. The maximum Gasteiger partial charge on any atom is 0.135 e. The highest BCUT2D eigenvalue weighted by molar-refractivity contribution is 9.08. The van der Waals surface area contributed by atoms with Crippen molar-refractivity contribution in [2.45, 2.75) is 12.3 Å². The molecule has 0 bridgehead atoms.